The molecule has 0 aliphatic heterocycles. The molecule has 0 aromatic heterocycles. The van der Waals surface area contributed by atoms with E-state index >= 15 is 0 Å². The molecule has 2 N–H and O–H groups in total. The fourth-order valence-electron chi connectivity index (χ4n) is 2.32. The zero-order valence-corrected chi connectivity index (χ0v) is 12.6. The quantitative estimate of drug-likeness (QED) is 0.712. The lowest BCUT2D eigenvalue weighted by molar-refractivity contribution is -0.132. The van der Waals surface area contributed by atoms with E-state index in [0.717, 1.165) is 10.8 Å². The third kappa shape index (κ3) is 3.23. The average Bonchev–Trinajstić information content (AvgIpc) is 2.62. The maximum absolute atomic E-state index is 12.0. The molecule has 0 spiro atoms. The van der Waals surface area contributed by atoms with Crippen molar-refractivity contribution in [1.29, 1.82) is 5.26 Å². The van der Waals surface area contributed by atoms with Crippen LogP contribution in [0.15, 0.2) is 66.7 Å². The van der Waals surface area contributed by atoms with Gasteiger partial charge in [0.1, 0.15) is 6.07 Å². The molecule has 0 bridgehead atoms. The molecule has 0 unspecified atom stereocenters. The predicted octanol–water partition coefficient (Wildman–Crippen LogP) is 3.29. The van der Waals surface area contributed by atoms with E-state index in [2.05, 4.69) is 10.6 Å². The van der Waals surface area contributed by atoms with Crippen molar-refractivity contribution in [3.8, 4) is 6.07 Å². The lowest BCUT2D eigenvalue weighted by Crippen LogP contribution is -2.29. The van der Waals surface area contributed by atoms with E-state index < -0.39 is 11.8 Å². The molecule has 0 aliphatic carbocycles. The van der Waals surface area contributed by atoms with Gasteiger partial charge in [-0.25, -0.2) is 0 Å². The number of para-hydroxylation sites is 1. The normalized spacial score (nSPS) is 9.96. The summed E-state index contributed by atoms with van der Waals surface area (Å²) in [5, 5.41) is 16.0. The first kappa shape index (κ1) is 15.3. The van der Waals surface area contributed by atoms with E-state index in [1.165, 1.54) is 0 Å². The highest BCUT2D eigenvalue weighted by atomic mass is 16.2. The number of carbonyl (C=O) groups is 2. The first-order valence-electron chi connectivity index (χ1n) is 7.27. The van der Waals surface area contributed by atoms with Crippen LogP contribution in [0.1, 0.15) is 5.56 Å². The zero-order chi connectivity index (χ0) is 16.9. The number of nitrogens with one attached hydrogen (secondary N) is 2. The summed E-state index contributed by atoms with van der Waals surface area (Å²) < 4.78 is 0. The molecule has 0 radical (unpaired) electrons. The van der Waals surface area contributed by atoms with Gasteiger partial charge in [-0.15, -0.1) is 0 Å². The summed E-state index contributed by atoms with van der Waals surface area (Å²) >= 11 is 0. The standard InChI is InChI=1S/C19H13N3O2/c20-12-15-7-3-4-8-17(15)22-19(24)18(23)21-16-10-9-13-5-1-2-6-14(13)11-16/h1-11H,(H,21,23)(H,22,24). The number of nitriles is 1. The highest BCUT2D eigenvalue weighted by molar-refractivity contribution is 6.43. The second-order valence-corrected chi connectivity index (χ2v) is 5.13. The molecule has 24 heavy (non-hydrogen) atoms. The molecule has 5 heteroatoms. The van der Waals surface area contributed by atoms with Crippen LogP contribution in [0, 0.1) is 11.3 Å². The van der Waals surface area contributed by atoms with Crippen molar-refractivity contribution in [3.05, 3.63) is 72.3 Å². The van der Waals surface area contributed by atoms with Crippen LogP contribution >= 0.6 is 0 Å². The smallest absolute Gasteiger partial charge is 0.314 e. The monoisotopic (exact) mass is 315 g/mol. The van der Waals surface area contributed by atoms with Crippen LogP contribution in [0.5, 0.6) is 0 Å². The van der Waals surface area contributed by atoms with E-state index in [9.17, 15) is 9.59 Å². The summed E-state index contributed by atoms with van der Waals surface area (Å²) in [6.07, 6.45) is 0. The first-order chi connectivity index (χ1) is 11.7. The van der Waals surface area contributed by atoms with Crippen molar-refractivity contribution >= 4 is 34.0 Å². The van der Waals surface area contributed by atoms with Gasteiger partial charge in [0.05, 0.1) is 11.3 Å². The van der Waals surface area contributed by atoms with Gasteiger partial charge in [0.25, 0.3) is 0 Å². The fraction of sp³-hybridized carbons (Fsp3) is 0. The number of anilines is 2. The van der Waals surface area contributed by atoms with Crippen LogP contribution in [0.4, 0.5) is 11.4 Å². The van der Waals surface area contributed by atoms with E-state index in [1.807, 2.05) is 36.4 Å². The molecule has 116 valence electrons. The number of hydrogen-bond acceptors (Lipinski definition) is 3. The Labute approximate surface area is 138 Å². The van der Waals surface area contributed by atoms with Gasteiger partial charge >= 0.3 is 11.8 Å². The van der Waals surface area contributed by atoms with Crippen LogP contribution in [0.3, 0.4) is 0 Å². The minimum Gasteiger partial charge on any atom is -0.318 e. The molecule has 0 saturated heterocycles. The van der Waals surface area contributed by atoms with E-state index in [1.54, 1.807) is 36.4 Å². The van der Waals surface area contributed by atoms with Gasteiger partial charge in [0.15, 0.2) is 0 Å². The van der Waals surface area contributed by atoms with Crippen molar-refractivity contribution in [2.75, 3.05) is 10.6 Å². The topological polar surface area (TPSA) is 82.0 Å². The number of benzene rings is 3. The highest BCUT2D eigenvalue weighted by Gasteiger charge is 2.15. The summed E-state index contributed by atoms with van der Waals surface area (Å²) in [5.74, 6) is -1.62. The number of fused-ring (bicyclic) bond motifs is 1. The zero-order valence-electron chi connectivity index (χ0n) is 12.6. The van der Waals surface area contributed by atoms with Crippen LogP contribution in [-0.4, -0.2) is 11.8 Å². The number of nitrogens with zero attached hydrogens (tertiary/aromatic N) is 1. The minimum absolute atomic E-state index is 0.296. The van der Waals surface area contributed by atoms with Gasteiger partial charge in [0.2, 0.25) is 0 Å². The molecule has 3 rings (SSSR count). The van der Waals surface area contributed by atoms with E-state index in [4.69, 9.17) is 5.26 Å². The molecular weight excluding hydrogens is 302 g/mol. The summed E-state index contributed by atoms with van der Waals surface area (Å²) in [5.41, 5.74) is 1.13. The summed E-state index contributed by atoms with van der Waals surface area (Å²) in [6, 6.07) is 21.6. The Morgan fingerprint density at radius 3 is 2.25 bits per heavy atom. The maximum Gasteiger partial charge on any atom is 0.314 e. The third-order valence-corrected chi connectivity index (χ3v) is 3.51. The Morgan fingerprint density at radius 2 is 1.46 bits per heavy atom. The largest absolute Gasteiger partial charge is 0.318 e. The van der Waals surface area contributed by atoms with Gasteiger partial charge in [-0.3, -0.25) is 9.59 Å². The Kier molecular flexibility index (Phi) is 4.21. The third-order valence-electron chi connectivity index (χ3n) is 3.51. The summed E-state index contributed by atoms with van der Waals surface area (Å²) in [7, 11) is 0. The minimum atomic E-state index is -0.828. The number of rotatable bonds is 2. The lowest BCUT2D eigenvalue weighted by atomic mass is 10.1. The van der Waals surface area contributed by atoms with Gasteiger partial charge in [-0.2, -0.15) is 5.26 Å². The van der Waals surface area contributed by atoms with Crippen molar-refractivity contribution in [2.24, 2.45) is 0 Å². The second kappa shape index (κ2) is 6.63. The Bertz CT molecular complexity index is 974. The molecule has 0 saturated carbocycles. The highest BCUT2D eigenvalue weighted by Crippen LogP contribution is 2.19. The molecular formula is C19H13N3O2. The van der Waals surface area contributed by atoms with Crippen molar-refractivity contribution < 1.29 is 9.59 Å². The Hall–Kier alpha value is -3.65. The fourth-order valence-corrected chi connectivity index (χ4v) is 2.32. The first-order valence-corrected chi connectivity index (χ1v) is 7.27. The molecule has 2 amide bonds. The van der Waals surface area contributed by atoms with Crippen molar-refractivity contribution in [2.45, 2.75) is 0 Å². The number of amides is 2. The summed E-state index contributed by atoms with van der Waals surface area (Å²) in [4.78, 5) is 24.1. The van der Waals surface area contributed by atoms with Crippen LogP contribution < -0.4 is 10.6 Å². The molecule has 5 nitrogen and oxygen atoms in total. The van der Waals surface area contributed by atoms with Gasteiger partial charge in [-0.1, -0.05) is 42.5 Å². The lowest BCUT2D eigenvalue weighted by Gasteiger charge is -2.08. The number of carbonyl (C=O) groups excluding carboxylic acids is 2. The molecule has 3 aromatic carbocycles. The number of hydrogen-bond donors (Lipinski definition) is 2. The second-order valence-electron chi connectivity index (χ2n) is 5.13. The Morgan fingerprint density at radius 1 is 0.792 bits per heavy atom. The van der Waals surface area contributed by atoms with Crippen LogP contribution in [0.2, 0.25) is 0 Å². The SMILES string of the molecule is N#Cc1ccccc1NC(=O)C(=O)Nc1ccc2ccccc2c1. The van der Waals surface area contributed by atoms with Gasteiger partial charge in [-0.05, 0) is 35.0 Å². The van der Waals surface area contributed by atoms with Crippen molar-refractivity contribution in [3.63, 3.8) is 0 Å². The predicted molar refractivity (Wildman–Crippen MR) is 92.4 cm³/mol. The average molecular weight is 315 g/mol. The molecule has 0 fully saturated rings. The molecule has 0 atom stereocenters. The Balaban J connectivity index is 1.73. The van der Waals surface area contributed by atoms with Gasteiger partial charge in [0, 0.05) is 5.69 Å². The van der Waals surface area contributed by atoms with Gasteiger partial charge < -0.3 is 10.6 Å². The van der Waals surface area contributed by atoms with Crippen LogP contribution in [0.25, 0.3) is 10.8 Å². The van der Waals surface area contributed by atoms with Crippen molar-refractivity contribution in [1.82, 2.24) is 0 Å². The van der Waals surface area contributed by atoms with E-state index in [-0.39, 0.29) is 0 Å². The molecule has 0 aliphatic rings. The molecule has 3 aromatic rings. The maximum atomic E-state index is 12.0. The molecule has 0 heterocycles. The summed E-state index contributed by atoms with van der Waals surface area (Å²) in [6.45, 7) is 0. The van der Waals surface area contributed by atoms with E-state index in [0.29, 0.717) is 16.9 Å². The van der Waals surface area contributed by atoms with Crippen LogP contribution in [-0.2, 0) is 9.59 Å².